The Kier molecular flexibility index (Phi) is 4.15. The predicted octanol–water partition coefficient (Wildman–Crippen LogP) is 4.76. The second kappa shape index (κ2) is 6.76. The molecule has 0 aliphatic heterocycles. The van der Waals surface area contributed by atoms with E-state index in [4.69, 9.17) is 15.7 Å². The van der Waals surface area contributed by atoms with E-state index in [9.17, 15) is 0 Å². The average molecular weight is 338 g/mol. The molecule has 0 fully saturated rings. The molecule has 126 valence electrons. The molecule has 0 saturated heterocycles. The van der Waals surface area contributed by atoms with E-state index in [-0.39, 0.29) is 0 Å². The molecule has 0 bridgehead atoms. The molecule has 2 N–H and O–H groups in total. The second-order valence-corrected chi connectivity index (χ2v) is 6.11. The molecule has 26 heavy (non-hydrogen) atoms. The number of nitrogens with zero attached hydrogens (tertiary/aromatic N) is 3. The molecule has 0 saturated carbocycles. The molecular weight excluding hydrogens is 320 g/mol. The van der Waals surface area contributed by atoms with Gasteiger partial charge in [-0.05, 0) is 18.6 Å². The van der Waals surface area contributed by atoms with Crippen LogP contribution in [0.5, 0.6) is 0 Å². The van der Waals surface area contributed by atoms with E-state index in [1.165, 1.54) is 0 Å². The van der Waals surface area contributed by atoms with Crippen molar-refractivity contribution in [3.05, 3.63) is 84.4 Å². The Morgan fingerprint density at radius 1 is 0.577 bits per heavy atom. The lowest BCUT2D eigenvalue weighted by Crippen LogP contribution is -2.00. The van der Waals surface area contributed by atoms with E-state index in [2.05, 4.69) is 4.98 Å². The van der Waals surface area contributed by atoms with Gasteiger partial charge in [0.25, 0.3) is 0 Å². The zero-order valence-corrected chi connectivity index (χ0v) is 14.4. The zero-order chi connectivity index (χ0) is 17.9. The summed E-state index contributed by atoms with van der Waals surface area (Å²) in [7, 11) is 0. The highest BCUT2D eigenvalue weighted by molar-refractivity contribution is 5.69. The van der Waals surface area contributed by atoms with Crippen LogP contribution in [0.25, 0.3) is 34.2 Å². The molecule has 1 aromatic heterocycles. The highest BCUT2D eigenvalue weighted by Crippen LogP contribution is 2.26. The van der Waals surface area contributed by atoms with E-state index in [0.29, 0.717) is 17.5 Å². The van der Waals surface area contributed by atoms with Gasteiger partial charge in [0.1, 0.15) is 0 Å². The Hall–Kier alpha value is -3.53. The van der Waals surface area contributed by atoms with Crippen molar-refractivity contribution in [2.24, 2.45) is 0 Å². The van der Waals surface area contributed by atoms with Gasteiger partial charge in [-0.2, -0.15) is 0 Å². The van der Waals surface area contributed by atoms with Gasteiger partial charge in [0, 0.05) is 22.4 Å². The first kappa shape index (κ1) is 16.0. The number of aromatic nitrogens is 3. The van der Waals surface area contributed by atoms with E-state index in [1.54, 1.807) is 0 Å². The van der Waals surface area contributed by atoms with E-state index in [1.807, 2.05) is 85.8 Å². The minimum absolute atomic E-state index is 0.615. The molecular formula is C22H18N4. The molecule has 1 heterocycles. The van der Waals surface area contributed by atoms with Gasteiger partial charge < -0.3 is 5.73 Å². The van der Waals surface area contributed by atoms with Gasteiger partial charge in [-0.3, -0.25) is 0 Å². The number of nitrogen functional groups attached to an aromatic ring is 1. The molecule has 4 nitrogen and oxygen atoms in total. The number of hydrogen-bond donors (Lipinski definition) is 1. The number of nitrogens with two attached hydrogens (primary N) is 1. The molecule has 4 heteroatoms. The largest absolute Gasteiger partial charge is 0.398 e. The lowest BCUT2D eigenvalue weighted by Gasteiger charge is -2.09. The van der Waals surface area contributed by atoms with Crippen LogP contribution in [0.15, 0.2) is 78.9 Å². The minimum Gasteiger partial charge on any atom is -0.398 e. The maximum Gasteiger partial charge on any atom is 0.164 e. The third-order valence-electron chi connectivity index (χ3n) is 4.24. The van der Waals surface area contributed by atoms with Crippen LogP contribution in [0.2, 0.25) is 0 Å². The normalized spacial score (nSPS) is 10.7. The monoisotopic (exact) mass is 338 g/mol. The maximum atomic E-state index is 6.09. The first-order valence-electron chi connectivity index (χ1n) is 8.44. The predicted molar refractivity (Wildman–Crippen MR) is 105 cm³/mol. The number of aryl methyl sites for hydroxylation is 1. The van der Waals surface area contributed by atoms with Gasteiger partial charge in [0.2, 0.25) is 0 Å². The van der Waals surface area contributed by atoms with Crippen LogP contribution < -0.4 is 5.73 Å². The van der Waals surface area contributed by atoms with Gasteiger partial charge in [0.05, 0.1) is 0 Å². The summed E-state index contributed by atoms with van der Waals surface area (Å²) >= 11 is 0. The molecule has 4 aromatic rings. The fourth-order valence-corrected chi connectivity index (χ4v) is 2.72. The van der Waals surface area contributed by atoms with Crippen LogP contribution in [-0.4, -0.2) is 15.0 Å². The molecule has 3 aromatic carbocycles. The zero-order valence-electron chi connectivity index (χ0n) is 14.4. The summed E-state index contributed by atoms with van der Waals surface area (Å²) in [5, 5.41) is 0. The van der Waals surface area contributed by atoms with Crippen LogP contribution >= 0.6 is 0 Å². The summed E-state index contributed by atoms with van der Waals surface area (Å²) in [5.41, 5.74) is 10.6. The quantitative estimate of drug-likeness (QED) is 0.547. The summed E-state index contributed by atoms with van der Waals surface area (Å²) in [5.74, 6) is 1.91. The highest BCUT2D eigenvalue weighted by atomic mass is 15.0. The Balaban J connectivity index is 1.92. The Morgan fingerprint density at radius 3 is 1.50 bits per heavy atom. The SMILES string of the molecule is Cc1ccc(-c2nc(-c3ccccc3)nc(-c3ccccc3)n2)cc1N. The first-order chi connectivity index (χ1) is 12.7. The van der Waals surface area contributed by atoms with Crippen molar-refractivity contribution in [1.29, 1.82) is 0 Å². The number of hydrogen-bond acceptors (Lipinski definition) is 4. The van der Waals surface area contributed by atoms with Crippen LogP contribution in [-0.2, 0) is 0 Å². The summed E-state index contributed by atoms with van der Waals surface area (Å²) in [6, 6.07) is 25.7. The van der Waals surface area contributed by atoms with Crippen molar-refractivity contribution in [3.8, 4) is 34.2 Å². The topological polar surface area (TPSA) is 64.7 Å². The number of anilines is 1. The van der Waals surface area contributed by atoms with Crippen molar-refractivity contribution in [2.75, 3.05) is 5.73 Å². The summed E-state index contributed by atoms with van der Waals surface area (Å²) < 4.78 is 0. The van der Waals surface area contributed by atoms with Gasteiger partial charge in [-0.15, -0.1) is 0 Å². The molecule has 0 spiro atoms. The Labute approximate surface area is 152 Å². The van der Waals surface area contributed by atoms with Crippen LogP contribution in [0, 0.1) is 6.92 Å². The summed E-state index contributed by atoms with van der Waals surface area (Å²) in [6.45, 7) is 1.98. The van der Waals surface area contributed by atoms with E-state index >= 15 is 0 Å². The molecule has 0 aliphatic rings. The first-order valence-corrected chi connectivity index (χ1v) is 8.44. The fourth-order valence-electron chi connectivity index (χ4n) is 2.72. The maximum absolute atomic E-state index is 6.09. The van der Waals surface area contributed by atoms with E-state index < -0.39 is 0 Å². The Morgan fingerprint density at radius 2 is 1.04 bits per heavy atom. The second-order valence-electron chi connectivity index (χ2n) is 6.11. The van der Waals surface area contributed by atoms with Gasteiger partial charge in [-0.25, -0.2) is 15.0 Å². The molecule has 0 radical (unpaired) electrons. The standard InChI is InChI=1S/C22H18N4/c1-15-12-13-18(14-19(15)23)22-25-20(16-8-4-2-5-9-16)24-21(26-22)17-10-6-3-7-11-17/h2-14H,23H2,1H3. The smallest absolute Gasteiger partial charge is 0.164 e. The lowest BCUT2D eigenvalue weighted by atomic mass is 10.1. The van der Waals surface area contributed by atoms with Crippen molar-refractivity contribution in [3.63, 3.8) is 0 Å². The lowest BCUT2D eigenvalue weighted by molar-refractivity contribution is 1.07. The molecule has 0 amide bonds. The van der Waals surface area contributed by atoms with Crippen LogP contribution in [0.3, 0.4) is 0 Å². The third kappa shape index (κ3) is 3.17. The summed E-state index contributed by atoms with van der Waals surface area (Å²) in [6.07, 6.45) is 0. The van der Waals surface area contributed by atoms with Crippen LogP contribution in [0.4, 0.5) is 5.69 Å². The summed E-state index contributed by atoms with van der Waals surface area (Å²) in [4.78, 5) is 14.1. The molecule has 0 aliphatic carbocycles. The number of rotatable bonds is 3. The number of benzene rings is 3. The third-order valence-corrected chi connectivity index (χ3v) is 4.24. The van der Waals surface area contributed by atoms with Crippen molar-refractivity contribution in [1.82, 2.24) is 15.0 Å². The van der Waals surface area contributed by atoms with Gasteiger partial charge in [-0.1, -0.05) is 72.8 Å². The van der Waals surface area contributed by atoms with Crippen molar-refractivity contribution in [2.45, 2.75) is 6.92 Å². The Bertz CT molecular complexity index is 986. The average Bonchev–Trinajstić information content (AvgIpc) is 2.71. The van der Waals surface area contributed by atoms with E-state index in [0.717, 1.165) is 27.9 Å². The van der Waals surface area contributed by atoms with Crippen molar-refractivity contribution >= 4 is 5.69 Å². The molecule has 0 atom stereocenters. The van der Waals surface area contributed by atoms with Crippen LogP contribution in [0.1, 0.15) is 5.56 Å². The van der Waals surface area contributed by atoms with Crippen molar-refractivity contribution < 1.29 is 0 Å². The van der Waals surface area contributed by atoms with Gasteiger partial charge in [0.15, 0.2) is 17.5 Å². The van der Waals surface area contributed by atoms with Gasteiger partial charge >= 0.3 is 0 Å². The fraction of sp³-hybridized carbons (Fsp3) is 0.0455. The highest BCUT2D eigenvalue weighted by Gasteiger charge is 2.12. The minimum atomic E-state index is 0.615. The molecule has 4 rings (SSSR count). The molecule has 0 unspecified atom stereocenters.